The first-order valence-corrected chi connectivity index (χ1v) is 5.89. The summed E-state index contributed by atoms with van der Waals surface area (Å²) >= 11 is 0. The van der Waals surface area contributed by atoms with Gasteiger partial charge in [-0.15, -0.1) is 0 Å². The number of carboxylic acid groups (broad SMARTS) is 1. The zero-order chi connectivity index (χ0) is 12.8. The van der Waals surface area contributed by atoms with Crippen LogP contribution in [-0.4, -0.2) is 60.8 Å². The van der Waals surface area contributed by atoms with E-state index in [0.717, 1.165) is 0 Å². The van der Waals surface area contributed by atoms with Crippen LogP contribution in [0.2, 0.25) is 0 Å². The van der Waals surface area contributed by atoms with Crippen molar-refractivity contribution >= 4 is 11.9 Å². The predicted molar refractivity (Wildman–Crippen MR) is 61.7 cm³/mol. The molecule has 0 saturated carbocycles. The lowest BCUT2D eigenvalue weighted by atomic mass is 10.1. The highest BCUT2D eigenvalue weighted by molar-refractivity contribution is 5.82. The summed E-state index contributed by atoms with van der Waals surface area (Å²) in [5, 5.41) is 11.9. The van der Waals surface area contributed by atoms with Crippen molar-refractivity contribution in [2.24, 2.45) is 5.92 Å². The van der Waals surface area contributed by atoms with E-state index in [1.165, 1.54) is 0 Å². The van der Waals surface area contributed by atoms with Crippen molar-refractivity contribution in [3.8, 4) is 0 Å². The van der Waals surface area contributed by atoms with E-state index in [-0.39, 0.29) is 18.5 Å². The minimum atomic E-state index is -0.885. The summed E-state index contributed by atoms with van der Waals surface area (Å²) in [6, 6.07) is -0.343. The molecule has 0 spiro atoms. The van der Waals surface area contributed by atoms with Crippen LogP contribution in [-0.2, 0) is 14.3 Å². The van der Waals surface area contributed by atoms with Crippen LogP contribution in [0.1, 0.15) is 13.8 Å². The Hall–Kier alpha value is -1.14. The number of amides is 1. The molecular weight excluding hydrogens is 224 g/mol. The van der Waals surface area contributed by atoms with Crippen LogP contribution < -0.4 is 5.32 Å². The number of likely N-dealkylation sites (N-methyl/N-ethyl adjacent to an activating group) is 1. The van der Waals surface area contributed by atoms with Gasteiger partial charge in [0, 0.05) is 19.6 Å². The molecule has 98 valence electrons. The average molecular weight is 244 g/mol. The quantitative estimate of drug-likeness (QED) is 0.684. The van der Waals surface area contributed by atoms with Gasteiger partial charge in [-0.1, -0.05) is 6.92 Å². The Morgan fingerprint density at radius 1 is 1.59 bits per heavy atom. The van der Waals surface area contributed by atoms with Gasteiger partial charge in [-0.25, -0.2) is 0 Å². The van der Waals surface area contributed by atoms with Crippen molar-refractivity contribution in [1.29, 1.82) is 0 Å². The summed E-state index contributed by atoms with van der Waals surface area (Å²) < 4.78 is 5.22. The van der Waals surface area contributed by atoms with E-state index in [2.05, 4.69) is 5.32 Å². The SMILES string of the molecule is CCN(CC(C)C(=O)O)C(=O)C1COCCN1. The Bertz CT molecular complexity index is 277. The zero-order valence-electron chi connectivity index (χ0n) is 10.3. The summed E-state index contributed by atoms with van der Waals surface area (Å²) in [4.78, 5) is 24.4. The molecule has 2 atom stereocenters. The van der Waals surface area contributed by atoms with Crippen LogP contribution in [0.25, 0.3) is 0 Å². The molecule has 0 bridgehead atoms. The van der Waals surface area contributed by atoms with Gasteiger partial charge in [-0.3, -0.25) is 9.59 Å². The second-order valence-electron chi connectivity index (χ2n) is 4.20. The van der Waals surface area contributed by atoms with Gasteiger partial charge in [0.05, 0.1) is 19.1 Å². The van der Waals surface area contributed by atoms with Crippen LogP contribution in [0.5, 0.6) is 0 Å². The van der Waals surface area contributed by atoms with Gasteiger partial charge < -0.3 is 20.1 Å². The number of carbonyl (C=O) groups excluding carboxylic acids is 1. The van der Waals surface area contributed by atoms with Gasteiger partial charge in [0.15, 0.2) is 0 Å². The first-order valence-electron chi connectivity index (χ1n) is 5.89. The lowest BCUT2D eigenvalue weighted by Gasteiger charge is -2.30. The molecule has 1 amide bonds. The number of ether oxygens (including phenoxy) is 1. The van der Waals surface area contributed by atoms with Gasteiger partial charge in [0.1, 0.15) is 6.04 Å². The maximum Gasteiger partial charge on any atom is 0.308 e. The van der Waals surface area contributed by atoms with Crippen LogP contribution in [0.4, 0.5) is 0 Å². The third-order valence-electron chi connectivity index (χ3n) is 2.83. The maximum atomic E-state index is 12.1. The van der Waals surface area contributed by atoms with E-state index in [1.54, 1.807) is 11.8 Å². The first-order chi connectivity index (χ1) is 8.06. The standard InChI is InChI=1S/C11H20N2O4/c1-3-13(6-8(2)11(15)16)10(14)9-7-17-5-4-12-9/h8-9,12H,3-7H2,1-2H3,(H,15,16). The second kappa shape index (κ2) is 6.56. The molecule has 1 aliphatic rings. The van der Waals surface area contributed by atoms with Crippen LogP contribution in [0, 0.1) is 5.92 Å². The van der Waals surface area contributed by atoms with Crippen molar-refractivity contribution in [1.82, 2.24) is 10.2 Å². The summed E-state index contributed by atoms with van der Waals surface area (Å²) in [6.07, 6.45) is 0. The monoisotopic (exact) mass is 244 g/mol. The van der Waals surface area contributed by atoms with Crippen molar-refractivity contribution in [2.75, 3.05) is 32.8 Å². The molecule has 2 N–H and O–H groups in total. The molecule has 0 aromatic heterocycles. The van der Waals surface area contributed by atoms with Crippen LogP contribution in [0.15, 0.2) is 0 Å². The van der Waals surface area contributed by atoms with E-state index in [4.69, 9.17) is 9.84 Å². The number of nitrogens with one attached hydrogen (secondary N) is 1. The van der Waals surface area contributed by atoms with E-state index in [9.17, 15) is 9.59 Å². The molecule has 1 rings (SSSR count). The average Bonchev–Trinajstić information content (AvgIpc) is 2.35. The molecule has 1 heterocycles. The number of hydrogen-bond acceptors (Lipinski definition) is 4. The summed E-state index contributed by atoms with van der Waals surface area (Å²) in [7, 11) is 0. The van der Waals surface area contributed by atoms with Gasteiger partial charge in [0.2, 0.25) is 5.91 Å². The molecule has 6 heteroatoms. The number of hydrogen-bond donors (Lipinski definition) is 2. The fourth-order valence-electron chi connectivity index (χ4n) is 1.73. The minimum absolute atomic E-state index is 0.0831. The Morgan fingerprint density at radius 2 is 2.29 bits per heavy atom. The smallest absolute Gasteiger partial charge is 0.308 e. The first kappa shape index (κ1) is 13.9. The van der Waals surface area contributed by atoms with Crippen molar-refractivity contribution in [3.63, 3.8) is 0 Å². The van der Waals surface area contributed by atoms with Gasteiger partial charge in [-0.05, 0) is 6.92 Å². The number of rotatable bonds is 5. The summed E-state index contributed by atoms with van der Waals surface area (Å²) in [6.45, 7) is 5.82. The Morgan fingerprint density at radius 3 is 2.76 bits per heavy atom. The Labute approximate surface area is 101 Å². The molecule has 2 unspecified atom stereocenters. The molecule has 1 fully saturated rings. The van der Waals surface area contributed by atoms with E-state index in [0.29, 0.717) is 26.3 Å². The largest absolute Gasteiger partial charge is 0.481 e. The van der Waals surface area contributed by atoms with Crippen LogP contribution in [0.3, 0.4) is 0 Å². The minimum Gasteiger partial charge on any atom is -0.481 e. The molecule has 1 saturated heterocycles. The number of morpholine rings is 1. The highest BCUT2D eigenvalue weighted by Crippen LogP contribution is 2.05. The highest BCUT2D eigenvalue weighted by Gasteiger charge is 2.27. The van der Waals surface area contributed by atoms with Crippen molar-refractivity contribution in [2.45, 2.75) is 19.9 Å². The van der Waals surface area contributed by atoms with Gasteiger partial charge in [-0.2, -0.15) is 0 Å². The molecule has 17 heavy (non-hydrogen) atoms. The molecule has 0 aromatic carbocycles. The molecule has 1 aliphatic heterocycles. The summed E-state index contributed by atoms with van der Waals surface area (Å²) in [5.41, 5.74) is 0. The van der Waals surface area contributed by atoms with E-state index in [1.807, 2.05) is 6.92 Å². The normalized spacial score (nSPS) is 21.9. The Kier molecular flexibility index (Phi) is 5.37. The lowest BCUT2D eigenvalue weighted by molar-refractivity contribution is -0.144. The van der Waals surface area contributed by atoms with E-state index >= 15 is 0 Å². The molecule has 6 nitrogen and oxygen atoms in total. The number of carboxylic acids is 1. The third-order valence-corrected chi connectivity index (χ3v) is 2.83. The van der Waals surface area contributed by atoms with Gasteiger partial charge in [0.25, 0.3) is 0 Å². The lowest BCUT2D eigenvalue weighted by Crippen LogP contribution is -2.53. The zero-order valence-corrected chi connectivity index (χ0v) is 10.3. The number of aliphatic carboxylic acids is 1. The van der Waals surface area contributed by atoms with Crippen LogP contribution >= 0.6 is 0 Å². The number of nitrogens with zero attached hydrogens (tertiary/aromatic N) is 1. The third kappa shape index (κ3) is 3.98. The Balaban J connectivity index is 2.53. The predicted octanol–water partition coefficient (Wildman–Crippen LogP) is -0.456. The fraction of sp³-hybridized carbons (Fsp3) is 0.818. The molecular formula is C11H20N2O4. The molecule has 0 radical (unpaired) electrons. The number of carbonyl (C=O) groups is 2. The van der Waals surface area contributed by atoms with E-state index < -0.39 is 11.9 Å². The van der Waals surface area contributed by atoms with Gasteiger partial charge >= 0.3 is 5.97 Å². The topological polar surface area (TPSA) is 78.9 Å². The fourth-order valence-corrected chi connectivity index (χ4v) is 1.73. The van der Waals surface area contributed by atoms with Crippen molar-refractivity contribution in [3.05, 3.63) is 0 Å². The maximum absolute atomic E-state index is 12.1. The summed E-state index contributed by atoms with van der Waals surface area (Å²) in [5.74, 6) is -1.52. The highest BCUT2D eigenvalue weighted by atomic mass is 16.5. The molecule has 0 aromatic rings. The van der Waals surface area contributed by atoms with Crippen molar-refractivity contribution < 1.29 is 19.4 Å². The second-order valence-corrected chi connectivity index (χ2v) is 4.20. The molecule has 0 aliphatic carbocycles.